The predicted octanol–water partition coefficient (Wildman–Crippen LogP) is -0.0258. The Morgan fingerprint density at radius 1 is 1.32 bits per heavy atom. The van der Waals surface area contributed by atoms with Gasteiger partial charge in [-0.1, -0.05) is 6.92 Å². The molecule has 19 heavy (non-hydrogen) atoms. The van der Waals surface area contributed by atoms with E-state index in [0.717, 1.165) is 19.5 Å². The average molecular weight is 263 g/mol. The van der Waals surface area contributed by atoms with E-state index in [9.17, 15) is 0 Å². The topological polar surface area (TPSA) is 111 Å². The van der Waals surface area contributed by atoms with Crippen LogP contribution in [0.2, 0.25) is 0 Å². The van der Waals surface area contributed by atoms with E-state index in [-0.39, 0.29) is 0 Å². The molecular formula is C10H17N9. The molecular weight excluding hydrogens is 246 g/mol. The van der Waals surface area contributed by atoms with Crippen molar-refractivity contribution in [1.82, 2.24) is 29.7 Å². The maximum absolute atomic E-state index is 5.39. The molecule has 0 saturated carbocycles. The Hall–Kier alpha value is -2.29. The minimum Gasteiger partial charge on any atom is -0.341 e. The van der Waals surface area contributed by atoms with E-state index in [1.54, 1.807) is 0 Å². The second-order valence-electron chi connectivity index (χ2n) is 3.82. The summed E-state index contributed by atoms with van der Waals surface area (Å²) < 4.78 is 1.46. The van der Waals surface area contributed by atoms with Gasteiger partial charge in [0.05, 0.1) is 0 Å². The molecule has 0 fully saturated rings. The van der Waals surface area contributed by atoms with E-state index >= 15 is 0 Å². The standard InChI is InChI=1S/C10H17N9/c1-3-5-18(4-2)9-14-8(17-11)15-10(16-9)19-7-12-6-13-19/h6-7H,3-5,11H2,1-2H3,(H,14,15,16,17). The Bertz CT molecular complexity index is 510. The SMILES string of the molecule is CCCN(CC)c1nc(NN)nc(-n2cncn2)n1. The van der Waals surface area contributed by atoms with Crippen molar-refractivity contribution in [3.05, 3.63) is 12.7 Å². The maximum Gasteiger partial charge on any atom is 0.258 e. The highest BCUT2D eigenvalue weighted by Gasteiger charge is 2.12. The summed E-state index contributed by atoms with van der Waals surface area (Å²) in [5.41, 5.74) is 2.44. The van der Waals surface area contributed by atoms with Crippen molar-refractivity contribution in [2.45, 2.75) is 20.3 Å². The first-order valence-corrected chi connectivity index (χ1v) is 6.11. The highest BCUT2D eigenvalue weighted by Crippen LogP contribution is 2.12. The molecule has 0 unspecified atom stereocenters. The van der Waals surface area contributed by atoms with Crippen LogP contribution in [0.5, 0.6) is 0 Å². The number of hydrogen-bond acceptors (Lipinski definition) is 8. The minimum atomic E-state index is 0.296. The van der Waals surface area contributed by atoms with Crippen LogP contribution in [0.25, 0.3) is 5.95 Å². The van der Waals surface area contributed by atoms with Crippen LogP contribution in [0.3, 0.4) is 0 Å². The third-order valence-electron chi connectivity index (χ3n) is 2.52. The lowest BCUT2D eigenvalue weighted by molar-refractivity contribution is 0.735. The maximum atomic E-state index is 5.39. The Balaban J connectivity index is 2.41. The molecule has 2 heterocycles. The van der Waals surface area contributed by atoms with Crippen molar-refractivity contribution < 1.29 is 0 Å². The Morgan fingerprint density at radius 3 is 2.74 bits per heavy atom. The Labute approximate surface area is 110 Å². The number of anilines is 2. The van der Waals surface area contributed by atoms with Crippen LogP contribution in [0.4, 0.5) is 11.9 Å². The molecule has 2 rings (SSSR count). The Kier molecular flexibility index (Phi) is 4.18. The first-order valence-electron chi connectivity index (χ1n) is 6.11. The van der Waals surface area contributed by atoms with E-state index in [4.69, 9.17) is 5.84 Å². The second kappa shape index (κ2) is 6.05. The number of nitrogens with one attached hydrogen (secondary N) is 1. The average Bonchev–Trinajstić information content (AvgIpc) is 2.98. The molecule has 0 aliphatic rings. The number of nitrogen functional groups attached to an aromatic ring is 1. The number of hydrogen-bond donors (Lipinski definition) is 2. The number of hydrazine groups is 1. The van der Waals surface area contributed by atoms with Crippen LogP contribution in [0.1, 0.15) is 20.3 Å². The van der Waals surface area contributed by atoms with E-state index in [2.05, 4.69) is 37.4 Å². The summed E-state index contributed by atoms with van der Waals surface area (Å²) in [6.07, 6.45) is 3.95. The van der Waals surface area contributed by atoms with Gasteiger partial charge in [0.15, 0.2) is 0 Å². The van der Waals surface area contributed by atoms with Gasteiger partial charge in [-0.3, -0.25) is 5.43 Å². The lowest BCUT2D eigenvalue weighted by Gasteiger charge is -2.20. The van der Waals surface area contributed by atoms with Gasteiger partial charge in [-0.25, -0.2) is 10.8 Å². The molecule has 0 spiro atoms. The summed E-state index contributed by atoms with van der Waals surface area (Å²) in [7, 11) is 0. The van der Waals surface area contributed by atoms with E-state index < -0.39 is 0 Å². The Morgan fingerprint density at radius 2 is 2.16 bits per heavy atom. The van der Waals surface area contributed by atoms with Crippen molar-refractivity contribution in [2.75, 3.05) is 23.4 Å². The lowest BCUT2D eigenvalue weighted by Crippen LogP contribution is -2.27. The number of rotatable bonds is 6. The normalized spacial score (nSPS) is 10.5. The van der Waals surface area contributed by atoms with Crippen molar-refractivity contribution in [2.24, 2.45) is 5.84 Å². The second-order valence-corrected chi connectivity index (χ2v) is 3.82. The molecule has 0 aliphatic heterocycles. The zero-order chi connectivity index (χ0) is 13.7. The van der Waals surface area contributed by atoms with Crippen molar-refractivity contribution in [1.29, 1.82) is 0 Å². The molecule has 0 aliphatic carbocycles. The van der Waals surface area contributed by atoms with Crippen molar-refractivity contribution in [3.8, 4) is 5.95 Å². The summed E-state index contributed by atoms with van der Waals surface area (Å²) in [6.45, 7) is 5.81. The summed E-state index contributed by atoms with van der Waals surface area (Å²) in [4.78, 5) is 18.7. The van der Waals surface area contributed by atoms with Crippen molar-refractivity contribution >= 4 is 11.9 Å². The molecule has 2 aromatic rings. The van der Waals surface area contributed by atoms with Gasteiger partial charge in [0.2, 0.25) is 11.9 Å². The molecule has 0 saturated heterocycles. The summed E-state index contributed by atoms with van der Waals surface area (Å²) in [5, 5.41) is 4.00. The summed E-state index contributed by atoms with van der Waals surface area (Å²) >= 11 is 0. The van der Waals surface area contributed by atoms with E-state index in [1.807, 2.05) is 11.8 Å². The fourth-order valence-corrected chi connectivity index (χ4v) is 1.64. The third-order valence-corrected chi connectivity index (χ3v) is 2.52. The minimum absolute atomic E-state index is 0.296. The molecule has 0 radical (unpaired) electrons. The van der Waals surface area contributed by atoms with Crippen LogP contribution < -0.4 is 16.2 Å². The molecule has 102 valence electrons. The van der Waals surface area contributed by atoms with Gasteiger partial charge in [-0.2, -0.15) is 24.7 Å². The van der Waals surface area contributed by atoms with Gasteiger partial charge in [-0.05, 0) is 13.3 Å². The molecule has 3 N–H and O–H groups in total. The smallest absolute Gasteiger partial charge is 0.258 e. The van der Waals surface area contributed by atoms with Gasteiger partial charge >= 0.3 is 0 Å². The van der Waals surface area contributed by atoms with Gasteiger partial charge in [0, 0.05) is 13.1 Å². The molecule has 0 atom stereocenters. The summed E-state index contributed by atoms with van der Waals surface area (Å²) in [6, 6.07) is 0. The largest absolute Gasteiger partial charge is 0.341 e. The molecule has 0 amide bonds. The highest BCUT2D eigenvalue weighted by molar-refractivity contribution is 5.39. The van der Waals surface area contributed by atoms with Gasteiger partial charge in [0.25, 0.3) is 5.95 Å². The monoisotopic (exact) mass is 263 g/mol. The quantitative estimate of drug-likeness (QED) is 0.552. The van der Waals surface area contributed by atoms with E-state index in [0.29, 0.717) is 17.8 Å². The predicted molar refractivity (Wildman–Crippen MR) is 70.7 cm³/mol. The zero-order valence-corrected chi connectivity index (χ0v) is 11.0. The zero-order valence-electron chi connectivity index (χ0n) is 11.0. The van der Waals surface area contributed by atoms with Gasteiger partial charge in [-0.15, -0.1) is 0 Å². The first kappa shape index (κ1) is 13.1. The van der Waals surface area contributed by atoms with E-state index in [1.165, 1.54) is 17.3 Å². The number of nitrogens with zero attached hydrogens (tertiary/aromatic N) is 7. The van der Waals surface area contributed by atoms with Crippen LogP contribution in [-0.2, 0) is 0 Å². The lowest BCUT2D eigenvalue weighted by atomic mass is 10.4. The highest BCUT2D eigenvalue weighted by atomic mass is 15.4. The molecule has 9 heteroatoms. The van der Waals surface area contributed by atoms with Gasteiger partial charge < -0.3 is 4.90 Å². The van der Waals surface area contributed by atoms with Crippen LogP contribution in [0.15, 0.2) is 12.7 Å². The fourth-order valence-electron chi connectivity index (χ4n) is 1.64. The molecule has 0 aromatic carbocycles. The molecule has 0 bridgehead atoms. The third kappa shape index (κ3) is 2.94. The van der Waals surface area contributed by atoms with Crippen molar-refractivity contribution in [3.63, 3.8) is 0 Å². The number of aromatic nitrogens is 6. The first-order chi connectivity index (χ1) is 9.28. The van der Waals surface area contributed by atoms with Crippen LogP contribution in [-0.4, -0.2) is 42.8 Å². The van der Waals surface area contributed by atoms with Crippen LogP contribution in [0, 0.1) is 0 Å². The number of nitrogens with two attached hydrogens (primary N) is 1. The van der Waals surface area contributed by atoms with Crippen LogP contribution >= 0.6 is 0 Å². The summed E-state index contributed by atoms with van der Waals surface area (Å²) in [5.74, 6) is 6.63. The van der Waals surface area contributed by atoms with Gasteiger partial charge in [0.1, 0.15) is 12.7 Å². The molecule has 2 aromatic heterocycles. The molecule has 9 nitrogen and oxygen atoms in total. The fraction of sp³-hybridized carbons (Fsp3) is 0.500.